The van der Waals surface area contributed by atoms with Gasteiger partial charge in [0.15, 0.2) is 11.6 Å². The Morgan fingerprint density at radius 3 is 2.64 bits per heavy atom. The maximum atomic E-state index is 13.5. The number of likely N-dealkylation sites (N-methyl/N-ethyl adjacent to an activating group) is 1. The summed E-state index contributed by atoms with van der Waals surface area (Å²) in [5, 5.41) is 7.10. The van der Waals surface area contributed by atoms with Gasteiger partial charge in [-0.2, -0.15) is 0 Å². The van der Waals surface area contributed by atoms with Crippen LogP contribution in [0.4, 0.5) is 14.5 Å². The van der Waals surface area contributed by atoms with Crippen LogP contribution in [0, 0.1) is 11.6 Å². The van der Waals surface area contributed by atoms with Gasteiger partial charge >= 0.3 is 0 Å². The van der Waals surface area contributed by atoms with Crippen LogP contribution in [-0.4, -0.2) is 52.5 Å². The van der Waals surface area contributed by atoms with E-state index in [9.17, 15) is 18.4 Å². The molecule has 0 atom stereocenters. The maximum absolute atomic E-state index is 13.5. The third kappa shape index (κ3) is 5.89. The highest BCUT2D eigenvalue weighted by Gasteiger charge is 2.14. The normalized spacial score (nSPS) is 11.1. The molecule has 0 radical (unpaired) electrons. The molecular formula is C26H26F2N6O2. The first-order valence-corrected chi connectivity index (χ1v) is 11.3. The predicted molar refractivity (Wildman–Crippen MR) is 134 cm³/mol. The Morgan fingerprint density at radius 1 is 1.06 bits per heavy atom. The van der Waals surface area contributed by atoms with Crippen molar-refractivity contribution in [1.29, 1.82) is 0 Å². The molecule has 0 aliphatic carbocycles. The summed E-state index contributed by atoms with van der Waals surface area (Å²) in [6, 6.07) is 11.0. The summed E-state index contributed by atoms with van der Waals surface area (Å²) in [5.41, 5.74) is 2.26. The van der Waals surface area contributed by atoms with Crippen molar-refractivity contribution in [3.8, 4) is 0 Å². The number of carbonyl (C=O) groups is 1. The molecule has 186 valence electrons. The standard InChI is InChI=1S/C26H26F2N6O2/c1-33(2)10-9-31-24-7-8-30-23-6-4-17(11-19(23)24)13-32-25(35)20-14-29-16-34(26(20)36)15-18-3-5-21(27)22(28)12-18/h3-8,11-12,14,16H,9-10,13,15H2,1-2H3,(H,30,31)(H,32,35). The second kappa shape index (κ2) is 11.0. The Kier molecular flexibility index (Phi) is 7.65. The van der Waals surface area contributed by atoms with E-state index in [1.807, 2.05) is 38.4 Å². The van der Waals surface area contributed by atoms with E-state index in [1.165, 1.54) is 23.2 Å². The molecule has 2 N–H and O–H groups in total. The van der Waals surface area contributed by atoms with Gasteiger partial charge in [-0.1, -0.05) is 12.1 Å². The molecular weight excluding hydrogens is 466 g/mol. The second-order valence-corrected chi connectivity index (χ2v) is 8.61. The Morgan fingerprint density at radius 2 is 1.86 bits per heavy atom. The van der Waals surface area contributed by atoms with Crippen molar-refractivity contribution >= 4 is 22.5 Å². The SMILES string of the molecule is CN(C)CCNc1ccnc2ccc(CNC(=O)c3cncn(Cc4ccc(F)c(F)c4)c3=O)cc12. The third-order valence-corrected chi connectivity index (χ3v) is 5.62. The molecule has 2 aromatic carbocycles. The second-order valence-electron chi connectivity index (χ2n) is 8.61. The minimum Gasteiger partial charge on any atom is -0.383 e. The number of nitrogens with zero attached hydrogens (tertiary/aromatic N) is 4. The monoisotopic (exact) mass is 492 g/mol. The van der Waals surface area contributed by atoms with Crippen molar-refractivity contribution in [2.75, 3.05) is 32.5 Å². The first-order chi connectivity index (χ1) is 17.3. The van der Waals surface area contributed by atoms with E-state index < -0.39 is 23.1 Å². The Balaban J connectivity index is 1.47. The maximum Gasteiger partial charge on any atom is 0.266 e. The molecule has 0 aliphatic heterocycles. The van der Waals surface area contributed by atoms with E-state index in [0.29, 0.717) is 5.56 Å². The van der Waals surface area contributed by atoms with Gasteiger partial charge in [0.25, 0.3) is 11.5 Å². The number of anilines is 1. The van der Waals surface area contributed by atoms with Gasteiger partial charge in [0, 0.05) is 43.1 Å². The van der Waals surface area contributed by atoms with Gasteiger partial charge in [0.05, 0.1) is 18.4 Å². The highest BCUT2D eigenvalue weighted by molar-refractivity contribution is 5.94. The van der Waals surface area contributed by atoms with Crippen molar-refractivity contribution in [1.82, 2.24) is 24.8 Å². The number of carbonyl (C=O) groups excluding carboxylic acids is 1. The van der Waals surface area contributed by atoms with Gasteiger partial charge in [-0.15, -0.1) is 0 Å². The lowest BCUT2D eigenvalue weighted by Crippen LogP contribution is -2.33. The number of halogens is 2. The van der Waals surface area contributed by atoms with Crippen LogP contribution >= 0.6 is 0 Å². The first-order valence-electron chi connectivity index (χ1n) is 11.3. The van der Waals surface area contributed by atoms with E-state index in [0.717, 1.165) is 47.4 Å². The zero-order chi connectivity index (χ0) is 25.7. The number of benzene rings is 2. The fourth-order valence-corrected chi connectivity index (χ4v) is 3.70. The minimum absolute atomic E-state index is 0.0502. The molecule has 10 heteroatoms. The summed E-state index contributed by atoms with van der Waals surface area (Å²) in [4.78, 5) is 36.0. The summed E-state index contributed by atoms with van der Waals surface area (Å²) < 4.78 is 27.9. The smallest absolute Gasteiger partial charge is 0.266 e. The molecule has 2 aromatic heterocycles. The molecule has 4 aromatic rings. The molecule has 0 aliphatic rings. The fourth-order valence-electron chi connectivity index (χ4n) is 3.70. The summed E-state index contributed by atoms with van der Waals surface area (Å²) in [6.07, 6.45) is 4.19. The van der Waals surface area contributed by atoms with Crippen molar-refractivity contribution < 1.29 is 13.6 Å². The zero-order valence-electron chi connectivity index (χ0n) is 20.0. The number of hydrogen-bond donors (Lipinski definition) is 2. The average Bonchev–Trinajstić information content (AvgIpc) is 2.86. The first kappa shape index (κ1) is 24.9. The lowest BCUT2D eigenvalue weighted by atomic mass is 10.1. The van der Waals surface area contributed by atoms with E-state index in [-0.39, 0.29) is 18.7 Å². The molecule has 0 saturated heterocycles. The van der Waals surface area contributed by atoms with E-state index in [2.05, 4.69) is 25.5 Å². The van der Waals surface area contributed by atoms with Gasteiger partial charge in [0.2, 0.25) is 0 Å². The van der Waals surface area contributed by atoms with E-state index in [1.54, 1.807) is 6.20 Å². The number of amides is 1. The number of rotatable bonds is 9. The predicted octanol–water partition coefficient (Wildman–Crippen LogP) is 3.02. The van der Waals surface area contributed by atoms with Gasteiger partial charge in [-0.05, 0) is 55.6 Å². The van der Waals surface area contributed by atoms with Crippen LogP contribution in [0.3, 0.4) is 0 Å². The quantitative estimate of drug-likeness (QED) is 0.373. The summed E-state index contributed by atoms with van der Waals surface area (Å²) >= 11 is 0. The van der Waals surface area contributed by atoms with Crippen molar-refractivity contribution in [3.63, 3.8) is 0 Å². The molecule has 0 unspecified atom stereocenters. The molecule has 1 amide bonds. The van der Waals surface area contributed by atoms with Crippen molar-refractivity contribution in [2.45, 2.75) is 13.1 Å². The molecule has 2 heterocycles. The van der Waals surface area contributed by atoms with Gasteiger partial charge in [0.1, 0.15) is 5.56 Å². The van der Waals surface area contributed by atoms with Crippen molar-refractivity contribution in [3.05, 3.63) is 99.9 Å². The topological polar surface area (TPSA) is 92.2 Å². The molecule has 0 fully saturated rings. The van der Waals surface area contributed by atoms with Crippen LogP contribution in [-0.2, 0) is 13.1 Å². The molecule has 8 nitrogen and oxygen atoms in total. The van der Waals surface area contributed by atoms with Gasteiger partial charge < -0.3 is 15.5 Å². The van der Waals surface area contributed by atoms with Crippen LogP contribution in [0.2, 0.25) is 0 Å². The van der Waals surface area contributed by atoms with Crippen LogP contribution < -0.4 is 16.2 Å². The number of nitrogens with one attached hydrogen (secondary N) is 2. The molecule has 4 rings (SSSR count). The zero-order valence-corrected chi connectivity index (χ0v) is 20.0. The molecule has 0 saturated carbocycles. The Labute approximate surface area is 206 Å². The van der Waals surface area contributed by atoms with E-state index >= 15 is 0 Å². The minimum atomic E-state index is -1.01. The summed E-state index contributed by atoms with van der Waals surface area (Å²) in [7, 11) is 4.01. The molecule has 36 heavy (non-hydrogen) atoms. The number of aromatic nitrogens is 3. The molecule has 0 bridgehead atoms. The van der Waals surface area contributed by atoms with Crippen molar-refractivity contribution in [2.24, 2.45) is 0 Å². The van der Waals surface area contributed by atoms with Crippen LogP contribution in [0.1, 0.15) is 21.5 Å². The van der Waals surface area contributed by atoms with Gasteiger partial charge in [-0.25, -0.2) is 13.8 Å². The van der Waals surface area contributed by atoms with Crippen LogP contribution in [0.15, 0.2) is 66.0 Å². The third-order valence-electron chi connectivity index (χ3n) is 5.62. The van der Waals surface area contributed by atoms with Crippen LogP contribution in [0.25, 0.3) is 10.9 Å². The average molecular weight is 493 g/mol. The molecule has 0 spiro atoms. The number of pyridine rings is 1. The largest absolute Gasteiger partial charge is 0.383 e. The van der Waals surface area contributed by atoms with Gasteiger partial charge in [-0.3, -0.25) is 19.1 Å². The lowest BCUT2D eigenvalue weighted by Gasteiger charge is -2.14. The highest BCUT2D eigenvalue weighted by Crippen LogP contribution is 2.22. The Bertz CT molecular complexity index is 1450. The number of fused-ring (bicyclic) bond motifs is 1. The number of hydrogen-bond acceptors (Lipinski definition) is 6. The fraction of sp³-hybridized carbons (Fsp3) is 0.231. The lowest BCUT2D eigenvalue weighted by molar-refractivity contribution is 0.0948. The van der Waals surface area contributed by atoms with E-state index in [4.69, 9.17) is 0 Å². The van der Waals surface area contributed by atoms with Crippen LogP contribution in [0.5, 0.6) is 0 Å². The summed E-state index contributed by atoms with van der Waals surface area (Å²) in [6.45, 7) is 1.78. The Hall–Kier alpha value is -4.18. The summed E-state index contributed by atoms with van der Waals surface area (Å²) in [5.74, 6) is -2.56. The highest BCUT2D eigenvalue weighted by atomic mass is 19.2.